The molecule has 0 atom stereocenters. The van der Waals surface area contributed by atoms with Crippen molar-refractivity contribution in [2.75, 3.05) is 7.11 Å². The lowest BCUT2D eigenvalue weighted by molar-refractivity contribution is 0.371. The summed E-state index contributed by atoms with van der Waals surface area (Å²) >= 11 is 0. The SMILES string of the molecule is CCC(CC)(C1=CCC=C1)c1cc(C)cc(C(C)(C)C)c1OC. The van der Waals surface area contributed by atoms with Gasteiger partial charge in [-0.05, 0) is 37.2 Å². The van der Waals surface area contributed by atoms with E-state index in [1.54, 1.807) is 0 Å². The summed E-state index contributed by atoms with van der Waals surface area (Å²) in [6.07, 6.45) is 10.2. The lowest BCUT2D eigenvalue weighted by Gasteiger charge is -2.37. The summed E-state index contributed by atoms with van der Waals surface area (Å²) in [4.78, 5) is 0. The zero-order chi connectivity index (χ0) is 17.3. The van der Waals surface area contributed by atoms with Gasteiger partial charge >= 0.3 is 0 Å². The summed E-state index contributed by atoms with van der Waals surface area (Å²) in [6, 6.07) is 4.63. The van der Waals surface area contributed by atoms with E-state index in [0.29, 0.717) is 0 Å². The maximum atomic E-state index is 5.98. The predicted octanol–water partition coefficient (Wildman–Crippen LogP) is 6.25. The van der Waals surface area contributed by atoms with Gasteiger partial charge in [0, 0.05) is 16.5 Å². The van der Waals surface area contributed by atoms with Crippen LogP contribution in [0, 0.1) is 6.92 Å². The lowest BCUT2D eigenvalue weighted by atomic mass is 9.68. The average Bonchev–Trinajstić information content (AvgIpc) is 3.02. The molecule has 0 amide bonds. The van der Waals surface area contributed by atoms with Crippen molar-refractivity contribution in [2.24, 2.45) is 0 Å². The van der Waals surface area contributed by atoms with Gasteiger partial charge in [0.05, 0.1) is 7.11 Å². The van der Waals surface area contributed by atoms with Crippen LogP contribution in [0.1, 0.15) is 70.6 Å². The van der Waals surface area contributed by atoms with Gasteiger partial charge in [-0.3, -0.25) is 0 Å². The Morgan fingerprint density at radius 1 is 1.04 bits per heavy atom. The number of rotatable bonds is 5. The molecule has 2 rings (SSSR count). The van der Waals surface area contributed by atoms with Crippen LogP contribution in [0.5, 0.6) is 5.75 Å². The molecule has 0 unspecified atom stereocenters. The third kappa shape index (κ3) is 3.11. The van der Waals surface area contributed by atoms with E-state index in [4.69, 9.17) is 4.74 Å². The topological polar surface area (TPSA) is 9.23 Å². The number of ether oxygens (including phenoxy) is 1. The van der Waals surface area contributed by atoms with Gasteiger partial charge in [0.2, 0.25) is 0 Å². The normalized spacial score (nSPS) is 15.0. The van der Waals surface area contributed by atoms with Crippen molar-refractivity contribution in [3.05, 3.63) is 52.6 Å². The standard InChI is InChI=1S/C22H32O/c1-8-22(9-2,17-12-10-11-13-17)19-15-16(3)14-18(20(19)23-7)21(4,5)6/h10,12-15H,8-9,11H2,1-7H3. The van der Waals surface area contributed by atoms with Crippen LogP contribution < -0.4 is 4.74 Å². The van der Waals surface area contributed by atoms with Crippen molar-refractivity contribution < 1.29 is 4.74 Å². The Labute approximate surface area is 142 Å². The Morgan fingerprint density at radius 2 is 1.65 bits per heavy atom. The molecule has 1 aromatic rings. The predicted molar refractivity (Wildman–Crippen MR) is 101 cm³/mol. The van der Waals surface area contributed by atoms with Crippen molar-refractivity contribution in [2.45, 2.75) is 71.6 Å². The van der Waals surface area contributed by atoms with Gasteiger partial charge < -0.3 is 4.74 Å². The second-order valence-corrected chi connectivity index (χ2v) is 7.73. The highest BCUT2D eigenvalue weighted by Gasteiger charge is 2.37. The largest absolute Gasteiger partial charge is 0.496 e. The van der Waals surface area contributed by atoms with Crippen molar-refractivity contribution in [3.63, 3.8) is 0 Å². The van der Waals surface area contributed by atoms with E-state index in [-0.39, 0.29) is 10.8 Å². The van der Waals surface area contributed by atoms with E-state index in [1.165, 1.54) is 22.3 Å². The maximum absolute atomic E-state index is 5.98. The van der Waals surface area contributed by atoms with E-state index < -0.39 is 0 Å². The Bertz CT molecular complexity index is 622. The average molecular weight is 312 g/mol. The van der Waals surface area contributed by atoms with Gasteiger partial charge in [-0.2, -0.15) is 0 Å². The molecular formula is C22H32O. The van der Waals surface area contributed by atoms with Crippen molar-refractivity contribution in [3.8, 4) is 5.75 Å². The molecule has 0 N–H and O–H groups in total. The highest BCUT2D eigenvalue weighted by Crippen LogP contribution is 2.48. The molecule has 1 heteroatoms. The van der Waals surface area contributed by atoms with Gasteiger partial charge in [-0.25, -0.2) is 0 Å². The summed E-state index contributed by atoms with van der Waals surface area (Å²) in [5, 5.41) is 0. The van der Waals surface area contributed by atoms with Crippen LogP contribution in [0.3, 0.4) is 0 Å². The monoisotopic (exact) mass is 312 g/mol. The van der Waals surface area contributed by atoms with E-state index in [0.717, 1.165) is 25.0 Å². The zero-order valence-electron chi connectivity index (χ0n) is 15.9. The smallest absolute Gasteiger partial charge is 0.126 e. The minimum absolute atomic E-state index is 0.0460. The summed E-state index contributed by atoms with van der Waals surface area (Å²) in [5.41, 5.74) is 5.55. The number of benzene rings is 1. The van der Waals surface area contributed by atoms with E-state index in [1.807, 2.05) is 7.11 Å². The van der Waals surface area contributed by atoms with Crippen LogP contribution in [0.4, 0.5) is 0 Å². The fourth-order valence-corrected chi connectivity index (χ4v) is 3.91. The number of allylic oxidation sites excluding steroid dienone is 4. The Kier molecular flexibility index (Phi) is 5.08. The van der Waals surface area contributed by atoms with Gasteiger partial charge in [0.25, 0.3) is 0 Å². The van der Waals surface area contributed by atoms with Crippen molar-refractivity contribution >= 4 is 0 Å². The lowest BCUT2D eigenvalue weighted by Crippen LogP contribution is -2.28. The molecule has 0 radical (unpaired) electrons. The minimum atomic E-state index is 0.0460. The van der Waals surface area contributed by atoms with Crippen molar-refractivity contribution in [1.82, 2.24) is 0 Å². The van der Waals surface area contributed by atoms with Crippen molar-refractivity contribution in [1.29, 1.82) is 0 Å². The first-order valence-electron chi connectivity index (χ1n) is 8.87. The highest BCUT2D eigenvalue weighted by molar-refractivity contribution is 5.56. The maximum Gasteiger partial charge on any atom is 0.126 e. The van der Waals surface area contributed by atoms with Gasteiger partial charge in [-0.1, -0.05) is 70.5 Å². The number of hydrogen-bond acceptors (Lipinski definition) is 1. The van der Waals surface area contributed by atoms with Crippen LogP contribution in [0.25, 0.3) is 0 Å². The van der Waals surface area contributed by atoms with Crippen LogP contribution in [0.15, 0.2) is 35.9 Å². The summed E-state index contributed by atoms with van der Waals surface area (Å²) in [6.45, 7) is 13.6. The quantitative estimate of drug-likeness (QED) is 0.625. The molecule has 126 valence electrons. The van der Waals surface area contributed by atoms with Gasteiger partial charge in [0.15, 0.2) is 0 Å². The van der Waals surface area contributed by atoms with Gasteiger partial charge in [-0.15, -0.1) is 0 Å². The van der Waals surface area contributed by atoms with Crippen LogP contribution in [0.2, 0.25) is 0 Å². The molecule has 1 nitrogen and oxygen atoms in total. The number of aryl methyl sites for hydroxylation is 1. The molecule has 0 bridgehead atoms. The molecule has 0 heterocycles. The van der Waals surface area contributed by atoms with Gasteiger partial charge in [0.1, 0.15) is 5.75 Å². The molecule has 1 aliphatic rings. The summed E-state index contributed by atoms with van der Waals surface area (Å²) < 4.78 is 5.98. The Morgan fingerprint density at radius 3 is 2.09 bits per heavy atom. The molecule has 0 aliphatic heterocycles. The molecule has 0 fully saturated rings. The molecule has 0 spiro atoms. The molecule has 0 aromatic heterocycles. The fourth-order valence-electron chi connectivity index (χ4n) is 3.91. The first kappa shape index (κ1) is 17.8. The zero-order valence-corrected chi connectivity index (χ0v) is 15.9. The Hall–Kier alpha value is -1.50. The van der Waals surface area contributed by atoms with Crippen LogP contribution >= 0.6 is 0 Å². The molecule has 23 heavy (non-hydrogen) atoms. The Balaban J connectivity index is 2.78. The molecule has 0 saturated carbocycles. The molecular weight excluding hydrogens is 280 g/mol. The molecule has 0 saturated heterocycles. The highest BCUT2D eigenvalue weighted by atomic mass is 16.5. The van der Waals surface area contributed by atoms with E-state index >= 15 is 0 Å². The molecule has 1 aromatic carbocycles. The summed E-state index contributed by atoms with van der Waals surface area (Å²) in [5.74, 6) is 1.08. The van der Waals surface area contributed by atoms with Crippen LogP contribution in [-0.4, -0.2) is 7.11 Å². The van der Waals surface area contributed by atoms with Crippen LogP contribution in [-0.2, 0) is 10.8 Å². The third-order valence-electron chi connectivity index (χ3n) is 5.29. The van der Waals surface area contributed by atoms with E-state index in [2.05, 4.69) is 71.9 Å². The first-order chi connectivity index (χ1) is 10.8. The van der Waals surface area contributed by atoms with E-state index in [9.17, 15) is 0 Å². The minimum Gasteiger partial charge on any atom is -0.496 e. The third-order valence-corrected chi connectivity index (χ3v) is 5.29. The molecule has 1 aliphatic carbocycles. The fraction of sp³-hybridized carbons (Fsp3) is 0.545. The summed E-state index contributed by atoms with van der Waals surface area (Å²) in [7, 11) is 1.82. The first-order valence-corrected chi connectivity index (χ1v) is 8.87. The number of hydrogen-bond donors (Lipinski definition) is 0. The number of methoxy groups -OCH3 is 1. The second kappa shape index (κ2) is 6.55. The second-order valence-electron chi connectivity index (χ2n) is 7.73.